The zero-order valence-electron chi connectivity index (χ0n) is 9.01. The molecule has 0 radical (unpaired) electrons. The highest BCUT2D eigenvalue weighted by atomic mass is 15.3. The first kappa shape index (κ1) is 10.3. The van der Waals surface area contributed by atoms with Gasteiger partial charge in [-0.2, -0.15) is 10.2 Å². The lowest BCUT2D eigenvalue weighted by Gasteiger charge is -2.03. The van der Waals surface area contributed by atoms with Crippen LogP contribution in [0.4, 0.5) is 5.82 Å². The van der Waals surface area contributed by atoms with Crippen molar-refractivity contribution < 1.29 is 0 Å². The molecule has 4 nitrogen and oxygen atoms in total. The van der Waals surface area contributed by atoms with Crippen LogP contribution >= 0.6 is 0 Å². The second kappa shape index (κ2) is 4.53. The standard InChI is InChI=1S/C12H12N4/c1-3-9(2)14-16-12-11-7-5-4-6-10(11)8-13-15-12/h3-8H,1H2,2H3,(H,15,16)/b14-9-. The molecule has 1 aromatic carbocycles. The maximum atomic E-state index is 4.11. The number of nitrogens with zero attached hydrogens (tertiary/aromatic N) is 3. The minimum atomic E-state index is 0.652. The average Bonchev–Trinajstić information content (AvgIpc) is 2.35. The third-order valence-corrected chi connectivity index (χ3v) is 2.20. The van der Waals surface area contributed by atoms with E-state index in [9.17, 15) is 0 Å². The van der Waals surface area contributed by atoms with E-state index in [1.807, 2.05) is 31.2 Å². The molecular formula is C12H12N4. The van der Waals surface area contributed by atoms with Crippen molar-refractivity contribution in [2.24, 2.45) is 5.10 Å². The van der Waals surface area contributed by atoms with Crippen LogP contribution in [0, 0.1) is 0 Å². The van der Waals surface area contributed by atoms with Crippen molar-refractivity contribution in [3.63, 3.8) is 0 Å². The van der Waals surface area contributed by atoms with Crippen LogP contribution in [0.15, 0.2) is 48.2 Å². The first-order chi connectivity index (χ1) is 7.81. The highest BCUT2D eigenvalue weighted by molar-refractivity contribution is 5.94. The lowest BCUT2D eigenvalue weighted by atomic mass is 10.2. The maximum absolute atomic E-state index is 4.11. The van der Waals surface area contributed by atoms with Crippen LogP contribution < -0.4 is 5.43 Å². The Hall–Kier alpha value is -2.23. The van der Waals surface area contributed by atoms with E-state index in [0.717, 1.165) is 16.5 Å². The van der Waals surface area contributed by atoms with Crippen molar-refractivity contribution in [2.45, 2.75) is 6.92 Å². The average molecular weight is 212 g/mol. The number of hydrogen-bond donors (Lipinski definition) is 1. The van der Waals surface area contributed by atoms with Gasteiger partial charge in [0.1, 0.15) is 0 Å². The van der Waals surface area contributed by atoms with Crippen molar-refractivity contribution in [1.82, 2.24) is 10.2 Å². The number of fused-ring (bicyclic) bond motifs is 1. The van der Waals surface area contributed by atoms with Gasteiger partial charge in [0.15, 0.2) is 5.82 Å². The number of nitrogens with one attached hydrogen (secondary N) is 1. The van der Waals surface area contributed by atoms with Gasteiger partial charge in [-0.3, -0.25) is 5.43 Å². The highest BCUT2D eigenvalue weighted by Gasteiger charge is 2.00. The van der Waals surface area contributed by atoms with E-state index in [4.69, 9.17) is 0 Å². The number of benzene rings is 1. The van der Waals surface area contributed by atoms with Crippen LogP contribution in [0.2, 0.25) is 0 Å². The number of hydrazone groups is 1. The smallest absolute Gasteiger partial charge is 0.176 e. The summed E-state index contributed by atoms with van der Waals surface area (Å²) in [5, 5.41) is 14.1. The first-order valence-corrected chi connectivity index (χ1v) is 4.94. The molecule has 0 aliphatic heterocycles. The third kappa shape index (κ3) is 2.06. The van der Waals surface area contributed by atoms with Gasteiger partial charge in [0.25, 0.3) is 0 Å². The minimum absolute atomic E-state index is 0.652. The van der Waals surface area contributed by atoms with Gasteiger partial charge in [0, 0.05) is 10.8 Å². The summed E-state index contributed by atoms with van der Waals surface area (Å²) in [6, 6.07) is 7.88. The molecule has 0 saturated heterocycles. The van der Waals surface area contributed by atoms with Crippen LogP contribution in [-0.4, -0.2) is 15.9 Å². The molecule has 0 atom stereocenters. The molecule has 80 valence electrons. The van der Waals surface area contributed by atoms with Gasteiger partial charge in [-0.15, -0.1) is 5.10 Å². The molecule has 1 N–H and O–H groups in total. The Morgan fingerprint density at radius 1 is 1.44 bits per heavy atom. The number of aromatic nitrogens is 2. The lowest BCUT2D eigenvalue weighted by Crippen LogP contribution is -1.98. The molecule has 0 aliphatic carbocycles. The molecule has 0 bridgehead atoms. The number of rotatable bonds is 3. The topological polar surface area (TPSA) is 50.2 Å². The fraction of sp³-hybridized carbons (Fsp3) is 0.0833. The number of anilines is 1. The van der Waals surface area contributed by atoms with Crippen molar-refractivity contribution in [1.29, 1.82) is 0 Å². The number of hydrogen-bond acceptors (Lipinski definition) is 4. The van der Waals surface area contributed by atoms with Gasteiger partial charge in [-0.25, -0.2) is 0 Å². The van der Waals surface area contributed by atoms with E-state index >= 15 is 0 Å². The quantitative estimate of drug-likeness (QED) is 0.628. The molecular weight excluding hydrogens is 200 g/mol. The Morgan fingerprint density at radius 2 is 2.25 bits per heavy atom. The summed E-state index contributed by atoms with van der Waals surface area (Å²) >= 11 is 0. The highest BCUT2D eigenvalue weighted by Crippen LogP contribution is 2.18. The molecule has 16 heavy (non-hydrogen) atoms. The lowest BCUT2D eigenvalue weighted by molar-refractivity contribution is 1.04. The van der Waals surface area contributed by atoms with Gasteiger partial charge in [0.05, 0.1) is 11.9 Å². The molecule has 0 spiro atoms. The van der Waals surface area contributed by atoms with Crippen LogP contribution in [0.5, 0.6) is 0 Å². The summed E-state index contributed by atoms with van der Waals surface area (Å²) in [4.78, 5) is 0. The summed E-state index contributed by atoms with van der Waals surface area (Å²) in [7, 11) is 0. The second-order valence-electron chi connectivity index (χ2n) is 3.35. The Kier molecular flexibility index (Phi) is 2.91. The summed E-state index contributed by atoms with van der Waals surface area (Å²) in [6.45, 7) is 5.49. The van der Waals surface area contributed by atoms with Crippen LogP contribution in [0.3, 0.4) is 0 Å². The Morgan fingerprint density at radius 3 is 3.06 bits per heavy atom. The van der Waals surface area contributed by atoms with Gasteiger partial charge >= 0.3 is 0 Å². The third-order valence-electron chi connectivity index (χ3n) is 2.20. The largest absolute Gasteiger partial charge is 0.259 e. The molecule has 0 saturated carbocycles. The zero-order valence-corrected chi connectivity index (χ0v) is 9.01. The molecule has 4 heteroatoms. The van der Waals surface area contributed by atoms with Crippen molar-refractivity contribution >= 4 is 22.3 Å². The van der Waals surface area contributed by atoms with E-state index in [2.05, 4.69) is 27.3 Å². The molecule has 0 aliphatic rings. The number of allylic oxidation sites excluding steroid dienone is 1. The van der Waals surface area contributed by atoms with Crippen LogP contribution in [0.1, 0.15) is 6.92 Å². The van der Waals surface area contributed by atoms with E-state index in [1.54, 1.807) is 12.3 Å². The molecule has 0 fully saturated rings. The molecule has 2 rings (SSSR count). The predicted molar refractivity (Wildman–Crippen MR) is 66.5 cm³/mol. The summed E-state index contributed by atoms with van der Waals surface area (Å²) < 4.78 is 0. The van der Waals surface area contributed by atoms with E-state index in [0.29, 0.717) is 5.82 Å². The van der Waals surface area contributed by atoms with E-state index in [1.165, 1.54) is 0 Å². The van der Waals surface area contributed by atoms with Crippen LogP contribution in [-0.2, 0) is 0 Å². The van der Waals surface area contributed by atoms with Gasteiger partial charge < -0.3 is 0 Å². The summed E-state index contributed by atoms with van der Waals surface area (Å²) in [6.07, 6.45) is 3.40. The molecule has 0 amide bonds. The Bertz CT molecular complexity index is 540. The first-order valence-electron chi connectivity index (χ1n) is 4.94. The van der Waals surface area contributed by atoms with Crippen molar-refractivity contribution in [3.05, 3.63) is 43.1 Å². The molecule has 2 aromatic rings. The van der Waals surface area contributed by atoms with Gasteiger partial charge in [-0.1, -0.05) is 30.8 Å². The monoisotopic (exact) mass is 212 g/mol. The second-order valence-corrected chi connectivity index (χ2v) is 3.35. The molecule has 1 heterocycles. The van der Waals surface area contributed by atoms with Crippen molar-refractivity contribution in [2.75, 3.05) is 5.43 Å². The normalized spacial score (nSPS) is 11.4. The zero-order chi connectivity index (χ0) is 11.4. The summed E-state index contributed by atoms with van der Waals surface area (Å²) in [5.41, 5.74) is 3.68. The van der Waals surface area contributed by atoms with Gasteiger partial charge in [-0.05, 0) is 13.0 Å². The summed E-state index contributed by atoms with van der Waals surface area (Å²) in [5.74, 6) is 0.652. The maximum Gasteiger partial charge on any atom is 0.176 e. The van der Waals surface area contributed by atoms with Crippen LogP contribution in [0.25, 0.3) is 10.8 Å². The molecule has 1 aromatic heterocycles. The SMILES string of the molecule is C=C/C(C)=N\Nc1nncc2ccccc12. The minimum Gasteiger partial charge on any atom is -0.259 e. The van der Waals surface area contributed by atoms with Gasteiger partial charge in [0.2, 0.25) is 0 Å². The molecule has 0 unspecified atom stereocenters. The Labute approximate surface area is 93.7 Å². The van der Waals surface area contributed by atoms with Crippen molar-refractivity contribution in [3.8, 4) is 0 Å². The fourth-order valence-electron chi connectivity index (χ4n) is 1.30. The van der Waals surface area contributed by atoms with E-state index < -0.39 is 0 Å². The van der Waals surface area contributed by atoms with E-state index in [-0.39, 0.29) is 0 Å². The fourth-order valence-corrected chi connectivity index (χ4v) is 1.30. The Balaban J connectivity index is 2.41. The predicted octanol–water partition coefficient (Wildman–Crippen LogP) is 2.60.